The third-order valence-corrected chi connectivity index (χ3v) is 1.59. The summed E-state index contributed by atoms with van der Waals surface area (Å²) in [4.78, 5) is 3.38. The van der Waals surface area contributed by atoms with Crippen LogP contribution < -0.4 is 10.5 Å². The summed E-state index contributed by atoms with van der Waals surface area (Å²) < 4.78 is 29.2. The van der Waals surface area contributed by atoms with Crippen LogP contribution in [-0.2, 0) is 0 Å². The lowest BCUT2D eigenvalue weighted by Crippen LogP contribution is -2.02. The number of alkyl halides is 2. The summed E-state index contributed by atoms with van der Waals surface area (Å²) in [6.07, 6.45) is -2.74. The second-order valence-electron chi connectivity index (χ2n) is 2.42. The number of nitrogens with two attached hydrogens (primary N) is 1. The van der Waals surface area contributed by atoms with Crippen LogP contribution in [-0.4, -0.2) is 12.1 Å². The lowest BCUT2D eigenvalue weighted by molar-refractivity contribution is 0.146. The summed E-state index contributed by atoms with van der Waals surface area (Å²) >= 11 is 0. The molecule has 74 valence electrons. The van der Waals surface area contributed by atoms with Gasteiger partial charge in [0.05, 0.1) is 7.11 Å². The molecule has 0 amide bonds. The van der Waals surface area contributed by atoms with Crippen molar-refractivity contribution in [3.05, 3.63) is 17.3 Å². The van der Waals surface area contributed by atoms with Crippen molar-refractivity contribution in [2.45, 2.75) is 6.43 Å². The monoisotopic (exact) mass is 199 g/mol. The van der Waals surface area contributed by atoms with Gasteiger partial charge in [0, 0.05) is 6.07 Å². The van der Waals surface area contributed by atoms with E-state index in [1.165, 1.54) is 7.11 Å². The molecule has 1 aromatic heterocycles. The molecule has 0 aromatic carbocycles. The van der Waals surface area contributed by atoms with Crippen molar-refractivity contribution in [1.29, 1.82) is 5.26 Å². The van der Waals surface area contributed by atoms with Gasteiger partial charge < -0.3 is 10.5 Å². The van der Waals surface area contributed by atoms with E-state index in [1.54, 1.807) is 6.07 Å². The average Bonchev–Trinajstić information content (AvgIpc) is 2.16. The minimum absolute atomic E-state index is 0.00954. The lowest BCUT2D eigenvalue weighted by Gasteiger charge is -2.07. The van der Waals surface area contributed by atoms with Gasteiger partial charge in [-0.1, -0.05) is 0 Å². The van der Waals surface area contributed by atoms with Gasteiger partial charge in [0.15, 0.2) is 0 Å². The lowest BCUT2D eigenvalue weighted by atomic mass is 10.2. The van der Waals surface area contributed by atoms with Crippen LogP contribution in [0.1, 0.15) is 17.7 Å². The van der Waals surface area contributed by atoms with Crippen molar-refractivity contribution >= 4 is 5.82 Å². The predicted octanol–water partition coefficient (Wildman–Crippen LogP) is 1.48. The molecule has 0 spiro atoms. The Morgan fingerprint density at radius 3 is 2.71 bits per heavy atom. The predicted molar refractivity (Wildman–Crippen MR) is 44.9 cm³/mol. The number of nitrogens with zero attached hydrogens (tertiary/aromatic N) is 2. The van der Waals surface area contributed by atoms with E-state index in [-0.39, 0.29) is 17.1 Å². The molecule has 0 unspecified atom stereocenters. The number of halogens is 2. The molecule has 0 aliphatic rings. The van der Waals surface area contributed by atoms with Crippen LogP contribution in [0.3, 0.4) is 0 Å². The Labute approximate surface area is 78.9 Å². The highest BCUT2D eigenvalue weighted by molar-refractivity contribution is 5.57. The quantitative estimate of drug-likeness (QED) is 0.782. The van der Waals surface area contributed by atoms with Crippen LogP contribution in [0, 0.1) is 11.3 Å². The number of ether oxygens (including phenoxy) is 1. The normalized spacial score (nSPS) is 9.93. The molecule has 4 nitrogen and oxygen atoms in total. The van der Waals surface area contributed by atoms with Crippen LogP contribution in [0.4, 0.5) is 14.6 Å². The molecule has 0 saturated carbocycles. The third kappa shape index (κ3) is 1.71. The number of nitriles is 1. The molecule has 0 atom stereocenters. The molecule has 0 bridgehead atoms. The van der Waals surface area contributed by atoms with E-state index in [4.69, 9.17) is 15.7 Å². The second-order valence-corrected chi connectivity index (χ2v) is 2.42. The maximum absolute atomic E-state index is 12.2. The highest BCUT2D eigenvalue weighted by Crippen LogP contribution is 2.27. The van der Waals surface area contributed by atoms with Gasteiger partial charge in [0.2, 0.25) is 0 Å². The summed E-state index contributed by atoms with van der Waals surface area (Å²) in [6.45, 7) is 0. The maximum Gasteiger partial charge on any atom is 0.280 e. The van der Waals surface area contributed by atoms with Crippen molar-refractivity contribution in [3.8, 4) is 11.8 Å². The van der Waals surface area contributed by atoms with Crippen LogP contribution >= 0.6 is 0 Å². The fourth-order valence-corrected chi connectivity index (χ4v) is 0.945. The number of methoxy groups -OCH3 is 1. The summed E-state index contributed by atoms with van der Waals surface area (Å²) in [5, 5.41) is 8.62. The van der Waals surface area contributed by atoms with Gasteiger partial charge in [0.25, 0.3) is 6.43 Å². The summed E-state index contributed by atoms with van der Waals surface area (Å²) in [5.41, 5.74) is 4.77. The number of pyridine rings is 1. The van der Waals surface area contributed by atoms with Gasteiger partial charge in [-0.25, -0.2) is 13.8 Å². The maximum atomic E-state index is 12.2. The van der Waals surface area contributed by atoms with Gasteiger partial charge in [-0.15, -0.1) is 0 Å². The Morgan fingerprint density at radius 2 is 2.29 bits per heavy atom. The highest BCUT2D eigenvalue weighted by atomic mass is 19.3. The number of hydrogen-bond donors (Lipinski definition) is 1. The number of rotatable bonds is 2. The van der Waals surface area contributed by atoms with E-state index in [9.17, 15) is 8.78 Å². The Morgan fingerprint density at radius 1 is 1.64 bits per heavy atom. The molecule has 0 fully saturated rings. The first kappa shape index (κ1) is 10.2. The largest absolute Gasteiger partial charge is 0.495 e. The summed E-state index contributed by atoms with van der Waals surface area (Å²) in [6, 6.07) is 2.72. The molecule has 1 aromatic rings. The number of nitrogen functional groups attached to an aromatic ring is 1. The van der Waals surface area contributed by atoms with Gasteiger partial charge in [-0.2, -0.15) is 5.26 Å². The first-order valence-corrected chi connectivity index (χ1v) is 3.62. The Hall–Kier alpha value is -1.90. The van der Waals surface area contributed by atoms with Crippen LogP contribution in [0.25, 0.3) is 0 Å². The molecule has 6 heteroatoms. The molecule has 2 N–H and O–H groups in total. The zero-order valence-corrected chi connectivity index (χ0v) is 7.29. The summed E-state index contributed by atoms with van der Waals surface area (Å²) in [5.74, 6) is -0.238. The second kappa shape index (κ2) is 3.87. The van der Waals surface area contributed by atoms with Crippen LogP contribution in [0.15, 0.2) is 6.07 Å². The number of anilines is 1. The number of aromatic nitrogens is 1. The molecule has 1 heterocycles. The molecular formula is C8H7F2N3O. The molecular weight excluding hydrogens is 192 g/mol. The standard InChI is InChI=1S/C8H7F2N3O/c1-14-6-2-5(7(9)10)13-8(12)4(6)3-11/h2,7H,1H3,(H2,12,13). The zero-order chi connectivity index (χ0) is 10.7. The van der Waals surface area contributed by atoms with Gasteiger partial charge in [0.1, 0.15) is 28.9 Å². The SMILES string of the molecule is COc1cc(C(F)F)nc(N)c1C#N. The fraction of sp³-hybridized carbons (Fsp3) is 0.250. The van der Waals surface area contributed by atoms with Gasteiger partial charge >= 0.3 is 0 Å². The molecule has 0 radical (unpaired) electrons. The Bertz CT molecular complexity index is 387. The smallest absolute Gasteiger partial charge is 0.280 e. The molecule has 1 rings (SSSR count). The van der Waals surface area contributed by atoms with E-state index in [1.807, 2.05) is 0 Å². The third-order valence-electron chi connectivity index (χ3n) is 1.59. The van der Waals surface area contributed by atoms with E-state index in [0.29, 0.717) is 0 Å². The highest BCUT2D eigenvalue weighted by Gasteiger charge is 2.16. The van der Waals surface area contributed by atoms with Gasteiger partial charge in [-0.3, -0.25) is 0 Å². The molecule has 14 heavy (non-hydrogen) atoms. The van der Waals surface area contributed by atoms with E-state index in [2.05, 4.69) is 4.98 Å². The Kier molecular flexibility index (Phi) is 2.82. The van der Waals surface area contributed by atoms with Crippen molar-refractivity contribution in [2.75, 3.05) is 12.8 Å². The van der Waals surface area contributed by atoms with E-state index >= 15 is 0 Å². The zero-order valence-electron chi connectivity index (χ0n) is 7.29. The molecule has 0 saturated heterocycles. The average molecular weight is 199 g/mol. The van der Waals surface area contributed by atoms with E-state index < -0.39 is 12.1 Å². The van der Waals surface area contributed by atoms with Gasteiger partial charge in [-0.05, 0) is 0 Å². The minimum Gasteiger partial charge on any atom is -0.495 e. The number of hydrogen-bond acceptors (Lipinski definition) is 4. The van der Waals surface area contributed by atoms with Crippen LogP contribution in [0.2, 0.25) is 0 Å². The molecule has 0 aliphatic carbocycles. The first-order chi connectivity index (χ1) is 6.60. The van der Waals surface area contributed by atoms with Crippen molar-refractivity contribution < 1.29 is 13.5 Å². The summed E-state index contributed by atoms with van der Waals surface area (Å²) in [7, 11) is 1.27. The minimum atomic E-state index is -2.74. The first-order valence-electron chi connectivity index (χ1n) is 3.62. The van der Waals surface area contributed by atoms with E-state index in [0.717, 1.165) is 6.07 Å². The fourth-order valence-electron chi connectivity index (χ4n) is 0.945. The molecule has 0 aliphatic heterocycles. The van der Waals surface area contributed by atoms with Crippen molar-refractivity contribution in [2.24, 2.45) is 0 Å². The Balaban J connectivity index is 3.33. The van der Waals surface area contributed by atoms with Crippen LogP contribution in [0.5, 0.6) is 5.75 Å². The van der Waals surface area contributed by atoms with Crippen molar-refractivity contribution in [1.82, 2.24) is 4.98 Å². The topological polar surface area (TPSA) is 71.9 Å². The van der Waals surface area contributed by atoms with Crippen molar-refractivity contribution in [3.63, 3.8) is 0 Å².